The highest BCUT2D eigenvalue weighted by Crippen LogP contribution is 2.09. The van der Waals surface area contributed by atoms with E-state index in [2.05, 4.69) is 10.3 Å². The Labute approximate surface area is 88.1 Å². The lowest BCUT2D eigenvalue weighted by molar-refractivity contribution is 0.598. The zero-order valence-electron chi connectivity index (χ0n) is 7.97. The molecule has 1 aliphatic heterocycles. The van der Waals surface area contributed by atoms with Gasteiger partial charge in [-0.3, -0.25) is 4.99 Å². The summed E-state index contributed by atoms with van der Waals surface area (Å²) in [4.78, 5) is 4.34. The molecule has 2 rings (SSSR count). The van der Waals surface area contributed by atoms with Gasteiger partial charge in [0.15, 0.2) is 0 Å². The highest BCUT2D eigenvalue weighted by Gasteiger charge is 2.10. The minimum atomic E-state index is -3.60. The molecule has 0 bridgehead atoms. The summed E-state index contributed by atoms with van der Waals surface area (Å²) < 4.78 is 22.0. The van der Waals surface area contributed by atoms with Crippen molar-refractivity contribution in [1.82, 2.24) is 5.32 Å². The van der Waals surface area contributed by atoms with Crippen molar-refractivity contribution in [3.05, 3.63) is 29.8 Å². The van der Waals surface area contributed by atoms with Crippen LogP contribution in [0, 0.1) is 0 Å². The number of rotatable bonds is 2. The Balaban J connectivity index is 2.32. The Morgan fingerprint density at radius 1 is 1.27 bits per heavy atom. The van der Waals surface area contributed by atoms with Gasteiger partial charge in [0, 0.05) is 12.1 Å². The first kappa shape index (κ1) is 10.1. The number of aliphatic imine (C=N–C) groups is 1. The standard InChI is InChI=1S/C9H11N3O2S/c10-15(13,14)8-3-1-7(2-4-8)9-11-5-6-12-9/h1-4H,5-6H2,(H,11,12)(H2,10,13,14). The number of amidine groups is 1. The van der Waals surface area contributed by atoms with E-state index in [4.69, 9.17) is 5.14 Å². The van der Waals surface area contributed by atoms with E-state index in [0.717, 1.165) is 24.5 Å². The molecular weight excluding hydrogens is 214 g/mol. The molecule has 0 atom stereocenters. The first-order valence-electron chi connectivity index (χ1n) is 4.49. The van der Waals surface area contributed by atoms with Crippen LogP contribution in [0.1, 0.15) is 5.56 Å². The molecule has 0 fully saturated rings. The molecule has 0 saturated heterocycles. The normalized spacial score (nSPS) is 15.9. The molecule has 1 heterocycles. The molecule has 1 aromatic rings. The number of hydrogen-bond donors (Lipinski definition) is 2. The van der Waals surface area contributed by atoms with E-state index in [-0.39, 0.29) is 4.90 Å². The summed E-state index contributed by atoms with van der Waals surface area (Å²) in [6.45, 7) is 1.58. The summed E-state index contributed by atoms with van der Waals surface area (Å²) in [7, 11) is -3.60. The van der Waals surface area contributed by atoms with Gasteiger partial charge in [-0.25, -0.2) is 13.6 Å². The van der Waals surface area contributed by atoms with Crippen molar-refractivity contribution in [3.8, 4) is 0 Å². The SMILES string of the molecule is NS(=O)(=O)c1ccc(C2=NCCN2)cc1. The number of hydrogen-bond acceptors (Lipinski definition) is 4. The number of nitrogens with one attached hydrogen (secondary N) is 1. The van der Waals surface area contributed by atoms with Gasteiger partial charge in [-0.1, -0.05) is 0 Å². The number of sulfonamides is 1. The molecule has 15 heavy (non-hydrogen) atoms. The fourth-order valence-electron chi connectivity index (χ4n) is 1.39. The maximum Gasteiger partial charge on any atom is 0.238 e. The maximum atomic E-state index is 11.0. The lowest BCUT2D eigenvalue weighted by Crippen LogP contribution is -2.19. The second kappa shape index (κ2) is 3.63. The third kappa shape index (κ3) is 2.16. The van der Waals surface area contributed by atoms with Crippen LogP contribution in [0.25, 0.3) is 0 Å². The molecule has 0 unspecified atom stereocenters. The summed E-state index contributed by atoms with van der Waals surface area (Å²) in [6.07, 6.45) is 0. The van der Waals surface area contributed by atoms with Crippen LogP contribution >= 0.6 is 0 Å². The van der Waals surface area contributed by atoms with E-state index >= 15 is 0 Å². The van der Waals surface area contributed by atoms with Crippen LogP contribution < -0.4 is 10.5 Å². The second-order valence-corrected chi connectivity index (χ2v) is 4.79. The van der Waals surface area contributed by atoms with Gasteiger partial charge < -0.3 is 5.32 Å². The Bertz CT molecular complexity index is 491. The van der Waals surface area contributed by atoms with E-state index in [0.29, 0.717) is 0 Å². The summed E-state index contributed by atoms with van der Waals surface area (Å²) in [5, 5.41) is 8.09. The van der Waals surface area contributed by atoms with Gasteiger partial charge in [0.2, 0.25) is 10.0 Å². The van der Waals surface area contributed by atoms with Crippen LogP contribution in [0.5, 0.6) is 0 Å². The van der Waals surface area contributed by atoms with Crippen molar-refractivity contribution < 1.29 is 8.42 Å². The molecule has 0 aromatic heterocycles. The van der Waals surface area contributed by atoms with Gasteiger partial charge in [0.05, 0.1) is 11.4 Å². The molecule has 6 heteroatoms. The molecule has 3 N–H and O–H groups in total. The average molecular weight is 225 g/mol. The van der Waals surface area contributed by atoms with E-state index in [1.54, 1.807) is 12.1 Å². The Morgan fingerprint density at radius 2 is 1.93 bits per heavy atom. The van der Waals surface area contributed by atoms with Crippen LogP contribution in [0.3, 0.4) is 0 Å². The number of nitrogens with two attached hydrogens (primary N) is 1. The van der Waals surface area contributed by atoms with Gasteiger partial charge in [-0.2, -0.15) is 0 Å². The highest BCUT2D eigenvalue weighted by molar-refractivity contribution is 7.89. The van der Waals surface area contributed by atoms with Crippen molar-refractivity contribution in [2.75, 3.05) is 13.1 Å². The van der Waals surface area contributed by atoms with Crippen molar-refractivity contribution in [2.24, 2.45) is 10.1 Å². The molecule has 1 aromatic carbocycles. The lowest BCUT2D eigenvalue weighted by Gasteiger charge is -2.03. The number of nitrogens with zero attached hydrogens (tertiary/aromatic N) is 1. The fourth-order valence-corrected chi connectivity index (χ4v) is 1.91. The largest absolute Gasteiger partial charge is 0.368 e. The van der Waals surface area contributed by atoms with E-state index in [1.807, 2.05) is 0 Å². The summed E-state index contributed by atoms with van der Waals surface area (Å²) in [5.74, 6) is 0.802. The summed E-state index contributed by atoms with van der Waals surface area (Å²) in [6, 6.07) is 6.34. The molecule has 0 aliphatic carbocycles. The van der Waals surface area contributed by atoms with Gasteiger partial charge in [-0.05, 0) is 24.3 Å². The van der Waals surface area contributed by atoms with Crippen molar-refractivity contribution in [3.63, 3.8) is 0 Å². The smallest absolute Gasteiger partial charge is 0.238 e. The molecule has 5 nitrogen and oxygen atoms in total. The predicted molar refractivity (Wildman–Crippen MR) is 57.2 cm³/mol. The third-order valence-electron chi connectivity index (χ3n) is 2.13. The molecule has 80 valence electrons. The van der Waals surface area contributed by atoms with E-state index in [9.17, 15) is 8.42 Å². The van der Waals surface area contributed by atoms with Crippen molar-refractivity contribution >= 4 is 15.9 Å². The van der Waals surface area contributed by atoms with Gasteiger partial charge in [0.1, 0.15) is 5.84 Å². The van der Waals surface area contributed by atoms with Crippen molar-refractivity contribution in [2.45, 2.75) is 4.90 Å². The van der Waals surface area contributed by atoms with Gasteiger partial charge in [-0.15, -0.1) is 0 Å². The maximum absolute atomic E-state index is 11.0. The van der Waals surface area contributed by atoms with Gasteiger partial charge in [0.25, 0.3) is 0 Å². The first-order valence-corrected chi connectivity index (χ1v) is 6.03. The van der Waals surface area contributed by atoms with Crippen LogP contribution in [-0.4, -0.2) is 27.3 Å². The van der Waals surface area contributed by atoms with Crippen LogP contribution in [0.2, 0.25) is 0 Å². The average Bonchev–Trinajstić information content (AvgIpc) is 2.69. The summed E-state index contributed by atoms with van der Waals surface area (Å²) in [5.41, 5.74) is 0.875. The topological polar surface area (TPSA) is 84.6 Å². The Morgan fingerprint density at radius 3 is 2.40 bits per heavy atom. The molecule has 0 saturated carbocycles. The zero-order valence-corrected chi connectivity index (χ0v) is 8.79. The quantitative estimate of drug-likeness (QED) is 0.723. The van der Waals surface area contributed by atoms with Crippen molar-refractivity contribution in [1.29, 1.82) is 0 Å². The highest BCUT2D eigenvalue weighted by atomic mass is 32.2. The second-order valence-electron chi connectivity index (χ2n) is 3.23. The van der Waals surface area contributed by atoms with Crippen LogP contribution in [-0.2, 0) is 10.0 Å². The zero-order chi connectivity index (χ0) is 10.9. The molecule has 0 spiro atoms. The number of primary sulfonamides is 1. The molecule has 0 amide bonds. The third-order valence-corrected chi connectivity index (χ3v) is 3.06. The minimum absolute atomic E-state index is 0.116. The van der Waals surface area contributed by atoms with Crippen LogP contribution in [0.4, 0.5) is 0 Å². The number of benzene rings is 1. The minimum Gasteiger partial charge on any atom is -0.368 e. The Hall–Kier alpha value is -1.40. The molecule has 0 radical (unpaired) electrons. The lowest BCUT2D eigenvalue weighted by atomic mass is 10.2. The van der Waals surface area contributed by atoms with Gasteiger partial charge >= 0.3 is 0 Å². The molecular formula is C9H11N3O2S. The fraction of sp³-hybridized carbons (Fsp3) is 0.222. The van der Waals surface area contributed by atoms with E-state index < -0.39 is 10.0 Å². The monoisotopic (exact) mass is 225 g/mol. The van der Waals surface area contributed by atoms with Crippen LogP contribution in [0.15, 0.2) is 34.2 Å². The summed E-state index contributed by atoms with van der Waals surface area (Å²) >= 11 is 0. The molecule has 1 aliphatic rings. The Kier molecular flexibility index (Phi) is 2.45. The van der Waals surface area contributed by atoms with E-state index in [1.165, 1.54) is 12.1 Å². The first-order chi connectivity index (χ1) is 7.07. The predicted octanol–water partition coefficient (Wildman–Crippen LogP) is -0.316.